The first-order valence-electron chi connectivity index (χ1n) is 13.2. The average molecular weight is 602 g/mol. The van der Waals surface area contributed by atoms with Crippen molar-refractivity contribution in [1.29, 1.82) is 5.26 Å². The molecular formula is C30H25F2N7O5. The molecule has 12 nitrogen and oxygen atoms in total. The molecule has 0 fully saturated rings. The predicted octanol–water partition coefficient (Wildman–Crippen LogP) is 4.71. The van der Waals surface area contributed by atoms with Gasteiger partial charge in [0.05, 0.1) is 37.1 Å². The fraction of sp³-hybridized carbons (Fsp3) is 0.200. The lowest BCUT2D eigenvalue weighted by Gasteiger charge is -2.34. The van der Waals surface area contributed by atoms with Crippen LogP contribution in [0.3, 0.4) is 0 Å². The van der Waals surface area contributed by atoms with Crippen LogP contribution in [0.4, 0.5) is 30.8 Å². The highest BCUT2D eigenvalue weighted by Crippen LogP contribution is 2.38. The summed E-state index contributed by atoms with van der Waals surface area (Å²) in [5, 5.41) is 25.4. The second-order valence-electron chi connectivity index (χ2n) is 9.96. The van der Waals surface area contributed by atoms with Crippen molar-refractivity contribution < 1.29 is 33.0 Å². The van der Waals surface area contributed by atoms with Crippen LogP contribution in [0.15, 0.2) is 67.0 Å². The van der Waals surface area contributed by atoms with E-state index < -0.39 is 35.4 Å². The Morgan fingerprint density at radius 3 is 2.55 bits per heavy atom. The van der Waals surface area contributed by atoms with Gasteiger partial charge in [0.2, 0.25) is 0 Å². The maximum Gasteiger partial charge on any atom is 0.412 e. The SMILES string of the molecule is COc1ccc(C(=O)Nc2cnn3c2C(=O)N(c2ccc(C(F)(F)c4ccnc(N(C)C(=O)O)c4)cc2)C(C)C3)cc1C#N. The van der Waals surface area contributed by atoms with Crippen LogP contribution in [0.25, 0.3) is 0 Å². The van der Waals surface area contributed by atoms with Crippen LogP contribution >= 0.6 is 0 Å². The van der Waals surface area contributed by atoms with Gasteiger partial charge in [0.1, 0.15) is 23.3 Å². The molecule has 3 amide bonds. The zero-order valence-corrected chi connectivity index (χ0v) is 23.7. The second kappa shape index (κ2) is 11.4. The Kier molecular flexibility index (Phi) is 7.71. The van der Waals surface area contributed by atoms with Crippen LogP contribution in [-0.2, 0) is 12.5 Å². The molecule has 0 spiro atoms. The van der Waals surface area contributed by atoms with E-state index in [9.17, 15) is 19.6 Å². The first kappa shape index (κ1) is 29.6. The van der Waals surface area contributed by atoms with Crippen molar-refractivity contribution in [3.8, 4) is 11.8 Å². The molecule has 1 aliphatic rings. The number of nitrogens with one attached hydrogen (secondary N) is 1. The number of hydrogen-bond donors (Lipinski definition) is 2. The molecule has 44 heavy (non-hydrogen) atoms. The number of anilines is 3. The number of ether oxygens (including phenoxy) is 1. The number of carboxylic acid groups (broad SMARTS) is 1. The molecule has 2 N–H and O–H groups in total. The molecule has 1 unspecified atom stereocenters. The first-order valence-corrected chi connectivity index (χ1v) is 13.2. The van der Waals surface area contributed by atoms with Crippen molar-refractivity contribution in [1.82, 2.24) is 14.8 Å². The van der Waals surface area contributed by atoms with Crippen molar-refractivity contribution >= 4 is 35.1 Å². The Balaban J connectivity index is 1.39. The summed E-state index contributed by atoms with van der Waals surface area (Å²) < 4.78 is 37.5. The highest BCUT2D eigenvalue weighted by atomic mass is 19.3. The number of methoxy groups -OCH3 is 1. The van der Waals surface area contributed by atoms with Gasteiger partial charge in [-0.05, 0) is 49.4 Å². The highest BCUT2D eigenvalue weighted by molar-refractivity contribution is 6.13. The zero-order chi connectivity index (χ0) is 31.8. The van der Waals surface area contributed by atoms with Gasteiger partial charge in [-0.25, -0.2) is 9.78 Å². The molecule has 2 aromatic carbocycles. The standard InChI is InChI=1S/C30H25F2N7O5/c1-17-16-38-26(23(15-35-38)36-27(40)18-4-9-24(44-3)19(12-18)14-33)28(41)39(17)22-7-5-20(6-8-22)30(31,32)21-10-11-34-25(13-21)37(2)29(42)43/h4-13,15,17H,16H2,1-3H3,(H,36,40)(H,42,43). The molecule has 2 aromatic heterocycles. The van der Waals surface area contributed by atoms with Gasteiger partial charge in [0.15, 0.2) is 0 Å². The lowest BCUT2D eigenvalue weighted by atomic mass is 10.00. The van der Waals surface area contributed by atoms with Crippen molar-refractivity contribution in [2.45, 2.75) is 25.4 Å². The van der Waals surface area contributed by atoms with Gasteiger partial charge in [-0.2, -0.15) is 19.1 Å². The zero-order valence-electron chi connectivity index (χ0n) is 23.7. The van der Waals surface area contributed by atoms with Gasteiger partial charge in [-0.1, -0.05) is 12.1 Å². The average Bonchev–Trinajstić information content (AvgIpc) is 3.42. The number of carbonyl (C=O) groups is 3. The van der Waals surface area contributed by atoms with Gasteiger partial charge in [0, 0.05) is 35.6 Å². The maximum atomic E-state index is 15.5. The number of rotatable bonds is 7. The number of aromatic nitrogens is 3. The molecule has 0 saturated heterocycles. The Hall–Kier alpha value is -5.84. The van der Waals surface area contributed by atoms with Crippen molar-refractivity contribution in [2.75, 3.05) is 29.3 Å². The van der Waals surface area contributed by atoms with Crippen LogP contribution in [0.5, 0.6) is 5.75 Å². The molecule has 0 bridgehead atoms. The first-order chi connectivity index (χ1) is 21.0. The summed E-state index contributed by atoms with van der Waals surface area (Å²) >= 11 is 0. The van der Waals surface area contributed by atoms with E-state index in [2.05, 4.69) is 15.4 Å². The largest absolute Gasteiger partial charge is 0.495 e. The third kappa shape index (κ3) is 5.26. The van der Waals surface area contributed by atoms with Crippen LogP contribution < -0.4 is 19.9 Å². The molecule has 4 aromatic rings. The lowest BCUT2D eigenvalue weighted by molar-refractivity contribution is 0.0428. The molecule has 0 aliphatic carbocycles. The summed E-state index contributed by atoms with van der Waals surface area (Å²) in [6.07, 6.45) is 1.11. The van der Waals surface area contributed by atoms with Crippen molar-refractivity contribution in [3.05, 3.63) is 94.9 Å². The van der Waals surface area contributed by atoms with Gasteiger partial charge in [-0.15, -0.1) is 0 Å². The van der Waals surface area contributed by atoms with Gasteiger partial charge in [-0.3, -0.25) is 19.2 Å². The molecule has 14 heteroatoms. The van der Waals surface area contributed by atoms with E-state index in [1.807, 2.05) is 6.07 Å². The van der Waals surface area contributed by atoms with Crippen molar-refractivity contribution in [3.63, 3.8) is 0 Å². The second-order valence-corrected chi connectivity index (χ2v) is 9.96. The predicted molar refractivity (Wildman–Crippen MR) is 154 cm³/mol. The van der Waals surface area contributed by atoms with E-state index >= 15 is 8.78 Å². The minimum atomic E-state index is -3.49. The quantitative estimate of drug-likeness (QED) is 0.309. The number of nitriles is 1. The van der Waals surface area contributed by atoms with Gasteiger partial charge in [0.25, 0.3) is 17.7 Å². The number of fused-ring (bicyclic) bond motifs is 1. The molecule has 224 valence electrons. The number of pyridine rings is 1. The number of carbonyl (C=O) groups excluding carboxylic acids is 2. The number of benzene rings is 2. The monoisotopic (exact) mass is 601 g/mol. The summed E-state index contributed by atoms with van der Waals surface area (Å²) in [6, 6.07) is 13.2. The fourth-order valence-corrected chi connectivity index (χ4v) is 4.88. The maximum absolute atomic E-state index is 15.5. The summed E-state index contributed by atoms with van der Waals surface area (Å²) in [6.45, 7) is 2.05. The van der Waals surface area contributed by atoms with Gasteiger partial charge < -0.3 is 20.1 Å². The van der Waals surface area contributed by atoms with E-state index in [1.54, 1.807) is 6.92 Å². The van der Waals surface area contributed by atoms with E-state index in [0.29, 0.717) is 11.4 Å². The Morgan fingerprint density at radius 2 is 1.89 bits per heavy atom. The smallest absolute Gasteiger partial charge is 0.412 e. The van der Waals surface area contributed by atoms with E-state index in [1.165, 1.54) is 72.4 Å². The summed E-state index contributed by atoms with van der Waals surface area (Å²) in [5.41, 5.74) is 0.113. The normalized spacial score (nSPS) is 14.4. The van der Waals surface area contributed by atoms with Crippen LogP contribution in [0.1, 0.15) is 44.5 Å². The Bertz CT molecular complexity index is 1820. The molecule has 0 radical (unpaired) electrons. The number of halogens is 2. The molecule has 5 rings (SSSR count). The number of nitrogens with zero attached hydrogens (tertiary/aromatic N) is 6. The molecule has 3 heterocycles. The number of alkyl halides is 2. The van der Waals surface area contributed by atoms with Crippen LogP contribution in [-0.4, -0.2) is 58.0 Å². The van der Waals surface area contributed by atoms with Gasteiger partial charge >= 0.3 is 6.09 Å². The van der Waals surface area contributed by atoms with Crippen molar-refractivity contribution in [2.24, 2.45) is 0 Å². The lowest BCUT2D eigenvalue weighted by Crippen LogP contribution is -2.47. The fourth-order valence-electron chi connectivity index (χ4n) is 4.88. The van der Waals surface area contributed by atoms with E-state index in [4.69, 9.17) is 9.84 Å². The minimum absolute atomic E-state index is 0.103. The number of amides is 3. The summed E-state index contributed by atoms with van der Waals surface area (Å²) in [4.78, 5) is 44.0. The summed E-state index contributed by atoms with van der Waals surface area (Å²) in [5.74, 6) is -4.41. The van der Waals surface area contributed by atoms with E-state index in [0.717, 1.165) is 23.2 Å². The summed E-state index contributed by atoms with van der Waals surface area (Å²) in [7, 11) is 2.61. The Morgan fingerprint density at radius 1 is 1.16 bits per heavy atom. The highest BCUT2D eigenvalue weighted by Gasteiger charge is 2.37. The van der Waals surface area contributed by atoms with Crippen LogP contribution in [0.2, 0.25) is 0 Å². The Labute approximate surface area is 249 Å². The molecule has 1 aliphatic heterocycles. The molecule has 0 saturated carbocycles. The van der Waals surface area contributed by atoms with Crippen LogP contribution in [0, 0.1) is 11.3 Å². The third-order valence-electron chi connectivity index (χ3n) is 7.22. The number of hydrogen-bond acceptors (Lipinski definition) is 7. The van der Waals surface area contributed by atoms with E-state index in [-0.39, 0.29) is 40.4 Å². The third-order valence-corrected chi connectivity index (χ3v) is 7.22. The minimum Gasteiger partial charge on any atom is -0.495 e. The molecule has 1 atom stereocenters. The topological polar surface area (TPSA) is 154 Å². The molecular weight excluding hydrogens is 576 g/mol.